The molecule has 0 radical (unpaired) electrons. The first kappa shape index (κ1) is 16.0. The van der Waals surface area contributed by atoms with E-state index in [0.29, 0.717) is 0 Å². The molecule has 0 atom stereocenters. The van der Waals surface area contributed by atoms with Gasteiger partial charge >= 0.3 is 0 Å². The fraction of sp³-hybridized carbons (Fsp3) is 0.294. The monoisotopic (exact) mass is 290 g/mol. The normalized spacial score (nSPS) is 11.8. The summed E-state index contributed by atoms with van der Waals surface area (Å²) in [7, 11) is 0. The van der Waals surface area contributed by atoms with Crippen molar-refractivity contribution in [2.24, 2.45) is 5.41 Å². The van der Waals surface area contributed by atoms with Gasteiger partial charge < -0.3 is 0 Å². The van der Waals surface area contributed by atoms with Gasteiger partial charge in [-0.25, -0.2) is 0 Å². The van der Waals surface area contributed by atoms with Crippen LogP contribution < -0.4 is 0 Å². The van der Waals surface area contributed by atoms with Gasteiger partial charge in [-0.3, -0.25) is 0 Å². The zero-order valence-corrected chi connectivity index (χ0v) is 11.9. The van der Waals surface area contributed by atoms with Crippen molar-refractivity contribution in [1.82, 2.24) is 0 Å². The molecule has 0 unspecified atom stereocenters. The third-order valence-corrected chi connectivity index (χ3v) is 4.38. The fourth-order valence-corrected chi connectivity index (χ4v) is 2.62. The molecule has 0 heterocycles. The van der Waals surface area contributed by atoms with Gasteiger partial charge in [-0.2, -0.15) is 0 Å². The van der Waals surface area contributed by atoms with Crippen LogP contribution in [0.2, 0.25) is 0 Å². The van der Waals surface area contributed by atoms with Gasteiger partial charge in [0, 0.05) is 0 Å². The Morgan fingerprint density at radius 1 is 0.684 bits per heavy atom. The zero-order chi connectivity index (χ0) is 13.2. The summed E-state index contributed by atoms with van der Waals surface area (Å²) >= 11 is 7.07. The van der Waals surface area contributed by atoms with Crippen molar-refractivity contribution in [2.75, 3.05) is 0 Å². The molecule has 0 aliphatic carbocycles. The summed E-state index contributed by atoms with van der Waals surface area (Å²) in [5, 5.41) is 0. The molecule has 0 bridgehead atoms. The van der Waals surface area contributed by atoms with Crippen LogP contribution in [-0.2, 0) is 4.87 Å². The molecular formula is C17H23ClSi. The molecule has 2 rings (SSSR count). The molecule has 0 N–H and O–H groups in total. The van der Waals surface area contributed by atoms with Crippen molar-refractivity contribution in [2.45, 2.75) is 25.6 Å². The lowest BCUT2D eigenvalue weighted by atomic mass is 9.71. The molecule has 2 aromatic carbocycles. The lowest BCUT2D eigenvalue weighted by molar-refractivity contribution is 0.318. The third-order valence-electron chi connectivity index (χ3n) is 3.38. The van der Waals surface area contributed by atoms with E-state index < -0.39 is 4.87 Å². The second-order valence-corrected chi connectivity index (χ2v) is 6.21. The van der Waals surface area contributed by atoms with Crippen molar-refractivity contribution >= 4 is 22.6 Å². The fourth-order valence-electron chi connectivity index (χ4n) is 2.37. The molecule has 2 aromatic rings. The number of rotatable bonds is 2. The average Bonchev–Trinajstić information content (AvgIpc) is 2.38. The smallest absolute Gasteiger partial charge is 0.0992 e. The quantitative estimate of drug-likeness (QED) is 0.583. The Morgan fingerprint density at radius 3 is 1.26 bits per heavy atom. The van der Waals surface area contributed by atoms with Crippen LogP contribution >= 0.6 is 11.6 Å². The average molecular weight is 291 g/mol. The second-order valence-electron chi connectivity index (χ2n) is 5.64. The minimum Gasteiger partial charge on any atom is -0.108 e. The Hall–Kier alpha value is -1.05. The Morgan fingerprint density at radius 2 is 1.00 bits per heavy atom. The van der Waals surface area contributed by atoms with E-state index in [9.17, 15) is 0 Å². The molecule has 102 valence electrons. The molecular weight excluding hydrogens is 268 g/mol. The minimum absolute atomic E-state index is 0. The maximum Gasteiger partial charge on any atom is 0.0992 e. The molecule has 19 heavy (non-hydrogen) atoms. The standard InChI is InChI=1S/C17H19Cl.H4Si/c1-16(2,3)17(18,14-10-6-4-7-11-14)15-12-8-5-9-13-15;/h4-13H,1-3H3;1H4. The van der Waals surface area contributed by atoms with Gasteiger partial charge in [-0.15, -0.1) is 11.6 Å². The molecule has 0 aliphatic heterocycles. The summed E-state index contributed by atoms with van der Waals surface area (Å²) < 4.78 is 0. The summed E-state index contributed by atoms with van der Waals surface area (Å²) in [6.07, 6.45) is 0. The summed E-state index contributed by atoms with van der Waals surface area (Å²) in [5.74, 6) is 0. The van der Waals surface area contributed by atoms with E-state index in [1.807, 2.05) is 36.4 Å². The summed E-state index contributed by atoms with van der Waals surface area (Å²) in [6, 6.07) is 20.6. The SMILES string of the molecule is CC(C)(C)C(Cl)(c1ccccc1)c1ccccc1.[SiH4]. The Labute approximate surface area is 125 Å². The van der Waals surface area contributed by atoms with Crippen LogP contribution in [0.5, 0.6) is 0 Å². The maximum absolute atomic E-state index is 7.07. The second kappa shape index (κ2) is 5.94. The van der Waals surface area contributed by atoms with Crippen molar-refractivity contribution in [3.05, 3.63) is 71.8 Å². The summed E-state index contributed by atoms with van der Waals surface area (Å²) in [4.78, 5) is -0.504. The molecule has 0 fully saturated rings. The topological polar surface area (TPSA) is 0 Å². The van der Waals surface area contributed by atoms with E-state index in [4.69, 9.17) is 11.6 Å². The summed E-state index contributed by atoms with van der Waals surface area (Å²) in [6.45, 7) is 6.54. The highest BCUT2D eigenvalue weighted by molar-refractivity contribution is 6.26. The van der Waals surface area contributed by atoms with E-state index in [1.165, 1.54) is 0 Å². The molecule has 0 nitrogen and oxygen atoms in total. The maximum atomic E-state index is 7.07. The molecule has 0 aromatic heterocycles. The first-order chi connectivity index (χ1) is 8.46. The highest BCUT2D eigenvalue weighted by Gasteiger charge is 2.43. The molecule has 0 saturated heterocycles. The Bertz CT molecular complexity index is 460. The van der Waals surface area contributed by atoms with Crippen molar-refractivity contribution in [1.29, 1.82) is 0 Å². The largest absolute Gasteiger partial charge is 0.108 e. The van der Waals surface area contributed by atoms with Crippen LogP contribution in [0.4, 0.5) is 0 Å². The molecule has 0 aliphatic rings. The minimum atomic E-state index is -0.504. The Balaban J connectivity index is 0.00000180. The summed E-state index contributed by atoms with van der Waals surface area (Å²) in [5.41, 5.74) is 2.22. The highest BCUT2D eigenvalue weighted by atomic mass is 35.5. The van der Waals surface area contributed by atoms with Crippen LogP contribution in [0.3, 0.4) is 0 Å². The molecule has 0 saturated carbocycles. The number of hydrogen-bond acceptors (Lipinski definition) is 0. The van der Waals surface area contributed by atoms with E-state index in [-0.39, 0.29) is 16.4 Å². The van der Waals surface area contributed by atoms with Crippen molar-refractivity contribution in [3.63, 3.8) is 0 Å². The van der Waals surface area contributed by atoms with Gasteiger partial charge in [0.15, 0.2) is 0 Å². The van der Waals surface area contributed by atoms with E-state index >= 15 is 0 Å². The van der Waals surface area contributed by atoms with Crippen LogP contribution in [0.25, 0.3) is 0 Å². The predicted octanol–water partition coefficient (Wildman–Crippen LogP) is 3.76. The van der Waals surface area contributed by atoms with Gasteiger partial charge in [-0.1, -0.05) is 81.4 Å². The van der Waals surface area contributed by atoms with Gasteiger partial charge in [-0.05, 0) is 27.5 Å². The molecule has 2 heteroatoms. The van der Waals surface area contributed by atoms with Crippen LogP contribution in [0, 0.1) is 5.41 Å². The first-order valence-corrected chi connectivity index (χ1v) is 6.64. The van der Waals surface area contributed by atoms with Gasteiger partial charge in [0.2, 0.25) is 0 Å². The number of halogens is 1. The highest BCUT2D eigenvalue weighted by Crippen LogP contribution is 2.50. The number of hydrogen-bond donors (Lipinski definition) is 0. The zero-order valence-electron chi connectivity index (χ0n) is 11.2. The molecule has 0 amide bonds. The first-order valence-electron chi connectivity index (χ1n) is 6.26. The lowest BCUT2D eigenvalue weighted by Crippen LogP contribution is -2.35. The van der Waals surface area contributed by atoms with Gasteiger partial charge in [0.05, 0.1) is 4.87 Å². The van der Waals surface area contributed by atoms with E-state index in [1.54, 1.807) is 0 Å². The lowest BCUT2D eigenvalue weighted by Gasteiger charge is -2.40. The number of alkyl halides is 1. The molecule has 0 spiro atoms. The van der Waals surface area contributed by atoms with Crippen molar-refractivity contribution in [3.8, 4) is 0 Å². The third kappa shape index (κ3) is 2.93. The van der Waals surface area contributed by atoms with Gasteiger partial charge in [0.1, 0.15) is 0 Å². The Kier molecular flexibility index (Phi) is 5.00. The van der Waals surface area contributed by atoms with Crippen molar-refractivity contribution < 1.29 is 0 Å². The van der Waals surface area contributed by atoms with E-state index in [2.05, 4.69) is 45.0 Å². The van der Waals surface area contributed by atoms with Crippen LogP contribution in [-0.4, -0.2) is 11.0 Å². The van der Waals surface area contributed by atoms with Crippen LogP contribution in [0.15, 0.2) is 60.7 Å². The van der Waals surface area contributed by atoms with Gasteiger partial charge in [0.25, 0.3) is 0 Å². The predicted molar refractivity (Wildman–Crippen MR) is 90.3 cm³/mol. The van der Waals surface area contributed by atoms with E-state index in [0.717, 1.165) is 11.1 Å². The van der Waals surface area contributed by atoms with Crippen LogP contribution in [0.1, 0.15) is 31.9 Å². The number of benzene rings is 2.